The first-order valence-electron chi connectivity index (χ1n) is 8.07. The second-order valence-corrected chi connectivity index (χ2v) is 6.60. The van der Waals surface area contributed by atoms with E-state index in [9.17, 15) is 5.11 Å². The molecule has 2 nitrogen and oxygen atoms in total. The van der Waals surface area contributed by atoms with Crippen molar-refractivity contribution in [2.24, 2.45) is 5.92 Å². The Morgan fingerprint density at radius 1 is 1.25 bits per heavy atom. The first kappa shape index (κ1) is 15.5. The van der Waals surface area contributed by atoms with Gasteiger partial charge in [-0.15, -0.1) is 0 Å². The Hall–Kier alpha value is -0.860. The standard InChI is InChI=1S/C18H29NO/c1-4-16-5-7-17(8-6-16)15(3)19-13-18(20)11-9-14(2)10-12-18/h5-8,14-15,19-20H,4,9-13H2,1-3H3. The van der Waals surface area contributed by atoms with Gasteiger partial charge in [0.2, 0.25) is 0 Å². The molecule has 1 saturated carbocycles. The van der Waals surface area contributed by atoms with Crippen LogP contribution < -0.4 is 5.32 Å². The molecule has 2 heteroatoms. The number of hydrogen-bond acceptors (Lipinski definition) is 2. The van der Waals surface area contributed by atoms with E-state index in [2.05, 4.69) is 50.4 Å². The molecular formula is C18H29NO. The lowest BCUT2D eigenvalue weighted by molar-refractivity contribution is -0.00783. The molecule has 1 aliphatic rings. The Morgan fingerprint density at radius 2 is 1.85 bits per heavy atom. The van der Waals surface area contributed by atoms with E-state index in [0.29, 0.717) is 12.6 Å². The van der Waals surface area contributed by atoms with Crippen LogP contribution >= 0.6 is 0 Å². The molecule has 0 saturated heterocycles. The summed E-state index contributed by atoms with van der Waals surface area (Å²) in [6.07, 6.45) is 5.25. The summed E-state index contributed by atoms with van der Waals surface area (Å²) in [4.78, 5) is 0. The van der Waals surface area contributed by atoms with Gasteiger partial charge in [-0.1, -0.05) is 38.1 Å². The van der Waals surface area contributed by atoms with Gasteiger partial charge < -0.3 is 10.4 Å². The van der Waals surface area contributed by atoms with Crippen molar-refractivity contribution in [1.29, 1.82) is 0 Å². The van der Waals surface area contributed by atoms with Gasteiger partial charge in [0.15, 0.2) is 0 Å². The molecule has 1 aromatic rings. The molecule has 0 spiro atoms. The summed E-state index contributed by atoms with van der Waals surface area (Å²) in [5.41, 5.74) is 2.18. The Bertz CT molecular complexity index is 404. The molecule has 1 atom stereocenters. The molecule has 0 amide bonds. The second kappa shape index (κ2) is 6.73. The van der Waals surface area contributed by atoms with Gasteiger partial charge in [-0.2, -0.15) is 0 Å². The van der Waals surface area contributed by atoms with E-state index in [4.69, 9.17) is 0 Å². The van der Waals surface area contributed by atoms with Crippen LogP contribution in [0.4, 0.5) is 0 Å². The number of aryl methyl sites for hydroxylation is 1. The fraction of sp³-hybridized carbons (Fsp3) is 0.667. The second-order valence-electron chi connectivity index (χ2n) is 6.60. The summed E-state index contributed by atoms with van der Waals surface area (Å²) >= 11 is 0. The van der Waals surface area contributed by atoms with E-state index in [1.165, 1.54) is 11.1 Å². The van der Waals surface area contributed by atoms with Crippen molar-refractivity contribution in [2.75, 3.05) is 6.54 Å². The van der Waals surface area contributed by atoms with Gasteiger partial charge >= 0.3 is 0 Å². The summed E-state index contributed by atoms with van der Waals surface area (Å²) < 4.78 is 0. The summed E-state index contributed by atoms with van der Waals surface area (Å²) in [7, 11) is 0. The number of benzene rings is 1. The quantitative estimate of drug-likeness (QED) is 0.855. The molecule has 1 fully saturated rings. The first-order valence-corrected chi connectivity index (χ1v) is 8.07. The number of aliphatic hydroxyl groups is 1. The van der Waals surface area contributed by atoms with Crippen LogP contribution in [-0.4, -0.2) is 17.3 Å². The third-order valence-electron chi connectivity index (χ3n) is 4.83. The molecule has 1 aromatic carbocycles. The SMILES string of the molecule is CCc1ccc(C(C)NCC2(O)CCC(C)CC2)cc1. The smallest absolute Gasteiger partial charge is 0.0772 e. The molecule has 20 heavy (non-hydrogen) atoms. The highest BCUT2D eigenvalue weighted by atomic mass is 16.3. The molecule has 1 aliphatic carbocycles. The maximum absolute atomic E-state index is 10.6. The zero-order valence-corrected chi connectivity index (χ0v) is 13.2. The Kier molecular flexibility index (Phi) is 5.22. The van der Waals surface area contributed by atoms with Crippen molar-refractivity contribution in [3.63, 3.8) is 0 Å². The molecule has 112 valence electrons. The van der Waals surface area contributed by atoms with Crippen LogP contribution in [0.5, 0.6) is 0 Å². The molecule has 1 unspecified atom stereocenters. The fourth-order valence-corrected chi connectivity index (χ4v) is 2.98. The highest BCUT2D eigenvalue weighted by Crippen LogP contribution is 2.31. The lowest BCUT2D eigenvalue weighted by Crippen LogP contribution is -2.44. The highest BCUT2D eigenvalue weighted by molar-refractivity contribution is 5.24. The van der Waals surface area contributed by atoms with Gasteiger partial charge in [0.05, 0.1) is 5.60 Å². The van der Waals surface area contributed by atoms with E-state index in [1.54, 1.807) is 0 Å². The van der Waals surface area contributed by atoms with Crippen LogP contribution in [0, 0.1) is 5.92 Å². The lowest BCUT2D eigenvalue weighted by Gasteiger charge is -2.36. The average molecular weight is 275 g/mol. The molecule has 0 radical (unpaired) electrons. The van der Waals surface area contributed by atoms with Gasteiger partial charge in [-0.25, -0.2) is 0 Å². The topological polar surface area (TPSA) is 32.3 Å². The zero-order chi connectivity index (χ0) is 14.6. The molecule has 0 aromatic heterocycles. The molecule has 0 heterocycles. The minimum atomic E-state index is -0.496. The van der Waals surface area contributed by atoms with E-state index in [0.717, 1.165) is 38.0 Å². The summed E-state index contributed by atoms with van der Waals surface area (Å²) in [6.45, 7) is 7.34. The monoisotopic (exact) mass is 275 g/mol. The van der Waals surface area contributed by atoms with Gasteiger partial charge in [-0.3, -0.25) is 0 Å². The van der Waals surface area contributed by atoms with Crippen molar-refractivity contribution < 1.29 is 5.11 Å². The van der Waals surface area contributed by atoms with Crippen LogP contribution in [0.15, 0.2) is 24.3 Å². The largest absolute Gasteiger partial charge is 0.389 e. The van der Waals surface area contributed by atoms with Crippen molar-refractivity contribution in [2.45, 2.75) is 64.5 Å². The molecular weight excluding hydrogens is 246 g/mol. The summed E-state index contributed by atoms with van der Waals surface area (Å²) in [6, 6.07) is 9.09. The maximum Gasteiger partial charge on any atom is 0.0772 e. The number of rotatable bonds is 5. The third-order valence-corrected chi connectivity index (χ3v) is 4.83. The summed E-state index contributed by atoms with van der Waals surface area (Å²) in [5.74, 6) is 0.772. The van der Waals surface area contributed by atoms with Crippen molar-refractivity contribution >= 4 is 0 Å². The van der Waals surface area contributed by atoms with E-state index in [-0.39, 0.29) is 0 Å². The number of hydrogen-bond donors (Lipinski definition) is 2. The zero-order valence-electron chi connectivity index (χ0n) is 13.2. The third kappa shape index (κ3) is 4.07. The fourth-order valence-electron chi connectivity index (χ4n) is 2.98. The van der Waals surface area contributed by atoms with Crippen molar-refractivity contribution in [3.8, 4) is 0 Å². The normalized spacial score (nSPS) is 28.3. The van der Waals surface area contributed by atoms with Crippen LogP contribution in [0.3, 0.4) is 0 Å². The Labute approximate surface area is 123 Å². The van der Waals surface area contributed by atoms with E-state index < -0.39 is 5.60 Å². The van der Waals surface area contributed by atoms with Crippen LogP contribution in [0.1, 0.15) is 63.6 Å². The Balaban J connectivity index is 1.86. The predicted octanol–water partition coefficient (Wildman–Crippen LogP) is 3.84. The molecule has 2 rings (SSSR count). The van der Waals surface area contributed by atoms with E-state index in [1.807, 2.05) is 0 Å². The van der Waals surface area contributed by atoms with Gasteiger partial charge in [0.25, 0.3) is 0 Å². The first-order chi connectivity index (χ1) is 9.52. The van der Waals surface area contributed by atoms with Crippen molar-refractivity contribution in [3.05, 3.63) is 35.4 Å². The average Bonchev–Trinajstić information content (AvgIpc) is 2.48. The van der Waals surface area contributed by atoms with Crippen LogP contribution in [0.25, 0.3) is 0 Å². The highest BCUT2D eigenvalue weighted by Gasteiger charge is 2.31. The predicted molar refractivity (Wildman–Crippen MR) is 84.8 cm³/mol. The van der Waals surface area contributed by atoms with Crippen LogP contribution in [-0.2, 0) is 6.42 Å². The van der Waals surface area contributed by atoms with Gasteiger partial charge in [0.1, 0.15) is 0 Å². The number of nitrogens with one attached hydrogen (secondary N) is 1. The minimum absolute atomic E-state index is 0.296. The lowest BCUT2D eigenvalue weighted by atomic mass is 9.79. The molecule has 2 N–H and O–H groups in total. The van der Waals surface area contributed by atoms with Crippen molar-refractivity contribution in [1.82, 2.24) is 5.32 Å². The minimum Gasteiger partial charge on any atom is -0.389 e. The Morgan fingerprint density at radius 3 is 2.40 bits per heavy atom. The molecule has 0 bridgehead atoms. The van der Waals surface area contributed by atoms with Gasteiger partial charge in [0, 0.05) is 12.6 Å². The van der Waals surface area contributed by atoms with E-state index >= 15 is 0 Å². The van der Waals surface area contributed by atoms with Crippen LogP contribution in [0.2, 0.25) is 0 Å². The maximum atomic E-state index is 10.6. The molecule has 0 aliphatic heterocycles. The van der Waals surface area contributed by atoms with Gasteiger partial charge in [-0.05, 0) is 56.1 Å². The summed E-state index contributed by atoms with van der Waals surface area (Å²) in [5, 5.41) is 14.1.